The molecule has 1 N–H and O–H groups in total. The molecule has 1 unspecified atom stereocenters. The van der Waals surface area contributed by atoms with E-state index in [1.165, 1.54) is 0 Å². The lowest BCUT2D eigenvalue weighted by Gasteiger charge is -2.17. The molecule has 1 heterocycles. The van der Waals surface area contributed by atoms with Crippen LogP contribution in [0.15, 0.2) is 22.7 Å². The average molecular weight is 337 g/mol. The number of rotatable bonds is 4. The van der Waals surface area contributed by atoms with Crippen LogP contribution >= 0.6 is 15.9 Å². The van der Waals surface area contributed by atoms with E-state index in [1.807, 2.05) is 43.8 Å². The summed E-state index contributed by atoms with van der Waals surface area (Å²) in [6, 6.07) is 6.11. The van der Waals surface area contributed by atoms with Crippen LogP contribution in [0.3, 0.4) is 0 Å². The number of aromatic nitrogens is 2. The number of aliphatic hydroxyl groups is 1. The summed E-state index contributed by atoms with van der Waals surface area (Å²) in [7, 11) is 1.93. The van der Waals surface area contributed by atoms with Gasteiger partial charge in [-0.15, -0.1) is 0 Å². The molecule has 0 radical (unpaired) electrons. The molecule has 0 aliphatic carbocycles. The summed E-state index contributed by atoms with van der Waals surface area (Å²) in [4.78, 5) is 0. The zero-order valence-corrected chi connectivity index (χ0v) is 14.0. The van der Waals surface area contributed by atoms with Gasteiger partial charge in [-0.2, -0.15) is 5.10 Å². The number of nitrogens with zero attached hydrogens (tertiary/aromatic N) is 2. The molecule has 0 aliphatic rings. The van der Waals surface area contributed by atoms with E-state index in [9.17, 15) is 5.11 Å². The van der Waals surface area contributed by atoms with Gasteiger partial charge in [0.25, 0.3) is 0 Å². The summed E-state index contributed by atoms with van der Waals surface area (Å²) in [5, 5.41) is 15.1. The van der Waals surface area contributed by atoms with Gasteiger partial charge < -0.3 is 5.11 Å². The van der Waals surface area contributed by atoms with Crippen LogP contribution in [0.25, 0.3) is 0 Å². The minimum absolute atomic E-state index is 0.507. The van der Waals surface area contributed by atoms with Crippen molar-refractivity contribution in [2.45, 2.75) is 39.7 Å². The highest BCUT2D eigenvalue weighted by atomic mass is 79.9. The Hall–Kier alpha value is -1.13. The maximum atomic E-state index is 10.6. The highest BCUT2D eigenvalue weighted by Crippen LogP contribution is 2.29. The Kier molecular flexibility index (Phi) is 4.66. The molecule has 2 aromatic rings. The Balaban J connectivity index is 2.33. The second-order valence-corrected chi connectivity index (χ2v) is 6.00. The van der Waals surface area contributed by atoms with Crippen molar-refractivity contribution in [2.75, 3.05) is 0 Å². The number of aryl methyl sites for hydroxylation is 4. The van der Waals surface area contributed by atoms with E-state index in [1.54, 1.807) is 0 Å². The summed E-state index contributed by atoms with van der Waals surface area (Å²) < 4.78 is 2.88. The lowest BCUT2D eigenvalue weighted by atomic mass is 9.95. The standard InChI is InChI=1S/C16H21BrN2O/c1-5-12-16(17)13(19(4)18-12)9-14(20)15-10(2)7-6-8-11(15)3/h6-8,14,20H,5,9H2,1-4H3. The number of hydrogen-bond donors (Lipinski definition) is 1. The summed E-state index contributed by atoms with van der Waals surface area (Å²) in [5.41, 5.74) is 5.37. The largest absolute Gasteiger partial charge is 0.388 e. The number of hydrogen-bond acceptors (Lipinski definition) is 2. The number of benzene rings is 1. The van der Waals surface area contributed by atoms with Crippen LogP contribution in [0.2, 0.25) is 0 Å². The fourth-order valence-corrected chi connectivity index (χ4v) is 3.46. The van der Waals surface area contributed by atoms with Gasteiger partial charge in [-0.3, -0.25) is 4.68 Å². The normalized spacial score (nSPS) is 12.7. The smallest absolute Gasteiger partial charge is 0.0850 e. The summed E-state index contributed by atoms with van der Waals surface area (Å²) >= 11 is 3.61. The highest BCUT2D eigenvalue weighted by Gasteiger charge is 2.19. The van der Waals surface area contributed by atoms with E-state index in [2.05, 4.69) is 28.0 Å². The number of aliphatic hydroxyl groups excluding tert-OH is 1. The van der Waals surface area contributed by atoms with Gasteiger partial charge in [0, 0.05) is 13.5 Å². The van der Waals surface area contributed by atoms with Gasteiger partial charge in [0.15, 0.2) is 0 Å². The predicted octanol–water partition coefficient (Wildman–Crippen LogP) is 3.64. The molecule has 0 bridgehead atoms. The molecule has 0 aliphatic heterocycles. The van der Waals surface area contributed by atoms with Crippen molar-refractivity contribution in [2.24, 2.45) is 7.05 Å². The zero-order chi connectivity index (χ0) is 14.9. The van der Waals surface area contributed by atoms with E-state index in [0.717, 1.165) is 39.0 Å². The maximum Gasteiger partial charge on any atom is 0.0850 e. The van der Waals surface area contributed by atoms with Crippen molar-refractivity contribution < 1.29 is 5.11 Å². The molecule has 1 aromatic heterocycles. The molecule has 1 atom stereocenters. The Morgan fingerprint density at radius 1 is 1.30 bits per heavy atom. The fourth-order valence-electron chi connectivity index (χ4n) is 2.68. The van der Waals surface area contributed by atoms with E-state index >= 15 is 0 Å². The third kappa shape index (κ3) is 2.81. The lowest BCUT2D eigenvalue weighted by molar-refractivity contribution is 0.174. The van der Waals surface area contributed by atoms with E-state index in [4.69, 9.17) is 0 Å². The maximum absolute atomic E-state index is 10.6. The molecular formula is C16H21BrN2O. The van der Waals surface area contributed by atoms with Crippen LogP contribution < -0.4 is 0 Å². The van der Waals surface area contributed by atoms with Crippen molar-refractivity contribution in [3.63, 3.8) is 0 Å². The molecule has 0 amide bonds. The molecule has 0 spiro atoms. The Morgan fingerprint density at radius 3 is 2.40 bits per heavy atom. The molecule has 4 heteroatoms. The lowest BCUT2D eigenvalue weighted by Crippen LogP contribution is -2.09. The van der Waals surface area contributed by atoms with Gasteiger partial charge in [0.2, 0.25) is 0 Å². The third-order valence-corrected chi connectivity index (χ3v) is 4.68. The molecule has 0 saturated heterocycles. The monoisotopic (exact) mass is 336 g/mol. The average Bonchev–Trinajstić information content (AvgIpc) is 2.66. The second kappa shape index (κ2) is 6.10. The summed E-state index contributed by atoms with van der Waals surface area (Å²) in [6.07, 6.45) is 0.941. The minimum Gasteiger partial charge on any atom is -0.388 e. The van der Waals surface area contributed by atoms with Crippen LogP contribution in [0.5, 0.6) is 0 Å². The van der Waals surface area contributed by atoms with Gasteiger partial charge in [0.05, 0.1) is 22.0 Å². The summed E-state index contributed by atoms with van der Waals surface area (Å²) in [6.45, 7) is 6.17. The zero-order valence-electron chi connectivity index (χ0n) is 12.4. The minimum atomic E-state index is -0.507. The SMILES string of the molecule is CCc1nn(C)c(CC(O)c2c(C)cccc2C)c1Br. The second-order valence-electron chi connectivity index (χ2n) is 5.21. The van der Waals surface area contributed by atoms with E-state index in [-0.39, 0.29) is 0 Å². The van der Waals surface area contributed by atoms with Crippen LogP contribution in [0, 0.1) is 13.8 Å². The topological polar surface area (TPSA) is 38.0 Å². The van der Waals surface area contributed by atoms with E-state index in [0.29, 0.717) is 6.42 Å². The predicted molar refractivity (Wildman–Crippen MR) is 84.9 cm³/mol. The van der Waals surface area contributed by atoms with Crippen molar-refractivity contribution in [3.05, 3.63) is 50.8 Å². The van der Waals surface area contributed by atoms with Gasteiger partial charge in [-0.1, -0.05) is 25.1 Å². The Labute approximate surface area is 128 Å². The van der Waals surface area contributed by atoms with Crippen LogP contribution in [-0.4, -0.2) is 14.9 Å². The first-order valence-electron chi connectivity index (χ1n) is 6.90. The molecule has 108 valence electrons. The number of halogens is 1. The highest BCUT2D eigenvalue weighted by molar-refractivity contribution is 9.10. The Bertz CT molecular complexity index is 599. The molecule has 2 rings (SSSR count). The molecule has 1 aromatic carbocycles. The summed E-state index contributed by atoms with van der Waals surface area (Å²) in [5.74, 6) is 0. The van der Waals surface area contributed by atoms with E-state index < -0.39 is 6.10 Å². The third-order valence-electron chi connectivity index (χ3n) is 3.77. The fraction of sp³-hybridized carbons (Fsp3) is 0.438. The quantitative estimate of drug-likeness (QED) is 0.925. The van der Waals surface area contributed by atoms with Gasteiger partial charge >= 0.3 is 0 Å². The van der Waals surface area contributed by atoms with Crippen molar-refractivity contribution in [3.8, 4) is 0 Å². The van der Waals surface area contributed by atoms with Gasteiger partial charge in [-0.05, 0) is 52.9 Å². The van der Waals surface area contributed by atoms with Gasteiger partial charge in [0.1, 0.15) is 0 Å². The molecule has 0 fully saturated rings. The Morgan fingerprint density at radius 2 is 1.90 bits per heavy atom. The molecular weight excluding hydrogens is 316 g/mol. The molecule has 3 nitrogen and oxygen atoms in total. The van der Waals surface area contributed by atoms with Crippen LogP contribution in [-0.2, 0) is 19.9 Å². The van der Waals surface area contributed by atoms with Crippen molar-refractivity contribution in [1.29, 1.82) is 0 Å². The molecule has 20 heavy (non-hydrogen) atoms. The van der Waals surface area contributed by atoms with Crippen molar-refractivity contribution >= 4 is 15.9 Å². The molecule has 0 saturated carbocycles. The first-order chi connectivity index (χ1) is 9.45. The van der Waals surface area contributed by atoms with Gasteiger partial charge in [-0.25, -0.2) is 0 Å². The van der Waals surface area contributed by atoms with Crippen LogP contribution in [0.4, 0.5) is 0 Å². The first-order valence-corrected chi connectivity index (χ1v) is 7.69. The first kappa shape index (κ1) is 15.3. The van der Waals surface area contributed by atoms with Crippen molar-refractivity contribution in [1.82, 2.24) is 9.78 Å². The van der Waals surface area contributed by atoms with Crippen LogP contribution in [0.1, 0.15) is 41.1 Å².